The first-order chi connectivity index (χ1) is 31.6. The van der Waals surface area contributed by atoms with Crippen molar-refractivity contribution in [1.82, 2.24) is 5.32 Å². The molecule has 1 saturated heterocycles. The van der Waals surface area contributed by atoms with Gasteiger partial charge in [-0.2, -0.15) is 0 Å². The van der Waals surface area contributed by atoms with Crippen molar-refractivity contribution in [3.05, 3.63) is 0 Å². The molecule has 1 aliphatic heterocycles. The quantitative estimate of drug-likeness (QED) is 0.0927. The number of fused-ring (bicyclic) bond motifs is 5. The lowest BCUT2D eigenvalue weighted by atomic mass is 9.35. The van der Waals surface area contributed by atoms with E-state index in [0.29, 0.717) is 32.2 Å². The Balaban J connectivity index is 1.62. The van der Waals surface area contributed by atoms with Gasteiger partial charge in [0, 0.05) is 52.9 Å². The average molecular weight is 964 g/mol. The first kappa shape index (κ1) is 55.1. The highest BCUT2D eigenvalue weighted by atomic mass is 16.7. The van der Waals surface area contributed by atoms with Crippen LogP contribution in [0.25, 0.3) is 0 Å². The van der Waals surface area contributed by atoms with E-state index in [1.807, 2.05) is 20.8 Å². The molecular formula is C51H81NO16. The summed E-state index contributed by atoms with van der Waals surface area (Å²) in [6.07, 6.45) is -1.34. The van der Waals surface area contributed by atoms with E-state index in [-0.39, 0.29) is 69.3 Å². The van der Waals surface area contributed by atoms with Crippen molar-refractivity contribution in [2.45, 2.75) is 209 Å². The fraction of sp³-hybridized carbons (Fsp3) is 0.863. The fourth-order valence-electron chi connectivity index (χ4n) is 14.4. The van der Waals surface area contributed by atoms with E-state index in [1.165, 1.54) is 48.7 Å². The van der Waals surface area contributed by atoms with Gasteiger partial charge in [-0.15, -0.1) is 0 Å². The number of ether oxygens (including phenoxy) is 9. The van der Waals surface area contributed by atoms with E-state index < -0.39 is 84.9 Å². The number of nitrogens with one attached hydrogen (secondary N) is 1. The standard InChI is InChI=1S/C51H81NO16/c1-27(2)41(45(59)60-15)52-24-16-20-51(14,68-46-44(66-33(8)58)43(65-32(7)57)42(64-31(6)56)36(67-46)26-61-28(3)53)34-17-22-50(13)40(34)35(62-29(4)54)25-38-48(11)21-19-39(63-30(5)55)47(9,10)37(48)18-23-49(38,50)12/h27,34-44,46,52H,16-26H2,1-15H3/t34?,35?,36-,37?,38?,39+,40+,41+,42-,43+,44?,46-,48+,49-,50-,51?/m1/s1. The van der Waals surface area contributed by atoms with Crippen molar-refractivity contribution in [3.63, 3.8) is 0 Å². The largest absolute Gasteiger partial charge is 0.468 e. The monoisotopic (exact) mass is 964 g/mol. The minimum absolute atomic E-state index is 0.0714. The number of methoxy groups -OCH3 is 1. The van der Waals surface area contributed by atoms with Crippen LogP contribution in [0.2, 0.25) is 0 Å². The van der Waals surface area contributed by atoms with Crippen molar-refractivity contribution >= 4 is 41.8 Å². The highest BCUT2D eigenvalue weighted by molar-refractivity contribution is 5.76. The fourth-order valence-corrected chi connectivity index (χ4v) is 14.4. The zero-order chi connectivity index (χ0) is 50.9. The first-order valence-corrected chi connectivity index (χ1v) is 24.7. The Labute approximate surface area is 403 Å². The van der Waals surface area contributed by atoms with Gasteiger partial charge in [0.05, 0.1) is 12.7 Å². The zero-order valence-corrected chi connectivity index (χ0v) is 43.3. The molecule has 4 aliphatic carbocycles. The van der Waals surface area contributed by atoms with Crippen LogP contribution < -0.4 is 5.32 Å². The topological polar surface area (TPSA) is 215 Å². The van der Waals surface area contributed by atoms with E-state index in [0.717, 1.165) is 32.1 Å². The summed E-state index contributed by atoms with van der Waals surface area (Å²) in [5.74, 6) is -4.17. The number of esters is 7. The van der Waals surface area contributed by atoms with Crippen LogP contribution in [0.5, 0.6) is 0 Å². The van der Waals surface area contributed by atoms with Crippen LogP contribution >= 0.6 is 0 Å². The molecule has 0 spiro atoms. The molecule has 68 heavy (non-hydrogen) atoms. The van der Waals surface area contributed by atoms with Crippen molar-refractivity contribution in [1.29, 1.82) is 0 Å². The number of carbonyl (C=O) groups excluding carboxylic acids is 7. The third-order valence-electron chi connectivity index (χ3n) is 17.4. The second-order valence-electron chi connectivity index (χ2n) is 22.3. The molecule has 6 unspecified atom stereocenters. The molecule has 4 saturated carbocycles. The predicted molar refractivity (Wildman–Crippen MR) is 245 cm³/mol. The van der Waals surface area contributed by atoms with Gasteiger partial charge in [0.2, 0.25) is 0 Å². The van der Waals surface area contributed by atoms with E-state index in [4.69, 9.17) is 42.6 Å². The molecule has 17 heteroatoms. The molecule has 0 radical (unpaired) electrons. The molecule has 5 rings (SSSR count). The minimum Gasteiger partial charge on any atom is -0.468 e. The van der Waals surface area contributed by atoms with Crippen LogP contribution in [0.3, 0.4) is 0 Å². The molecule has 0 aromatic carbocycles. The highest BCUT2D eigenvalue weighted by Crippen LogP contribution is 2.76. The molecule has 5 fully saturated rings. The molecule has 0 amide bonds. The maximum absolute atomic E-state index is 13.3. The summed E-state index contributed by atoms with van der Waals surface area (Å²) in [5, 5.41) is 3.37. The third kappa shape index (κ3) is 11.0. The van der Waals surface area contributed by atoms with Gasteiger partial charge in [-0.25, -0.2) is 0 Å². The molecule has 1 N–H and O–H groups in total. The Kier molecular flexibility index (Phi) is 17.2. The first-order valence-electron chi connectivity index (χ1n) is 24.7. The van der Waals surface area contributed by atoms with Crippen LogP contribution in [0.15, 0.2) is 0 Å². The summed E-state index contributed by atoms with van der Waals surface area (Å²) in [6, 6.07) is -0.573. The zero-order valence-electron chi connectivity index (χ0n) is 43.3. The average Bonchev–Trinajstić information content (AvgIpc) is 3.60. The van der Waals surface area contributed by atoms with E-state index in [1.54, 1.807) is 0 Å². The summed E-state index contributed by atoms with van der Waals surface area (Å²) in [4.78, 5) is 88.9. The van der Waals surface area contributed by atoms with Gasteiger partial charge in [-0.3, -0.25) is 33.6 Å². The summed E-state index contributed by atoms with van der Waals surface area (Å²) < 4.78 is 54.3. The van der Waals surface area contributed by atoms with E-state index >= 15 is 0 Å². The van der Waals surface area contributed by atoms with E-state index in [2.05, 4.69) is 39.9 Å². The van der Waals surface area contributed by atoms with Crippen molar-refractivity contribution in [3.8, 4) is 0 Å². The molecule has 1 heterocycles. The van der Waals surface area contributed by atoms with Crippen LogP contribution in [0.1, 0.15) is 155 Å². The molecule has 5 aliphatic rings. The Morgan fingerprint density at radius 2 is 1.26 bits per heavy atom. The Bertz CT molecular complexity index is 1890. The molecule has 0 aromatic rings. The van der Waals surface area contributed by atoms with Crippen molar-refractivity contribution in [2.75, 3.05) is 20.3 Å². The summed E-state index contributed by atoms with van der Waals surface area (Å²) in [7, 11) is 1.35. The Morgan fingerprint density at radius 1 is 0.691 bits per heavy atom. The summed E-state index contributed by atoms with van der Waals surface area (Å²) in [6.45, 7) is 25.1. The van der Waals surface area contributed by atoms with Crippen LogP contribution in [0.4, 0.5) is 0 Å². The molecule has 386 valence electrons. The molecule has 16 atom stereocenters. The molecular weight excluding hydrogens is 883 g/mol. The maximum Gasteiger partial charge on any atom is 0.323 e. The van der Waals surface area contributed by atoms with Gasteiger partial charge in [0.15, 0.2) is 24.6 Å². The van der Waals surface area contributed by atoms with Gasteiger partial charge in [0.1, 0.15) is 31.0 Å². The summed E-state index contributed by atoms with van der Waals surface area (Å²) in [5.41, 5.74) is -2.21. The second kappa shape index (κ2) is 21.3. The van der Waals surface area contributed by atoms with Gasteiger partial charge < -0.3 is 47.9 Å². The summed E-state index contributed by atoms with van der Waals surface area (Å²) >= 11 is 0. The number of carbonyl (C=O) groups is 7. The van der Waals surface area contributed by atoms with Crippen LogP contribution in [-0.2, 0) is 76.2 Å². The lowest BCUT2D eigenvalue weighted by Gasteiger charge is -2.70. The van der Waals surface area contributed by atoms with Gasteiger partial charge in [-0.1, -0.05) is 48.5 Å². The van der Waals surface area contributed by atoms with Crippen molar-refractivity contribution < 1.29 is 76.2 Å². The second-order valence-corrected chi connectivity index (χ2v) is 22.3. The Hall–Kier alpha value is -3.83. The maximum atomic E-state index is 13.3. The van der Waals surface area contributed by atoms with Crippen LogP contribution in [-0.4, -0.2) is 117 Å². The number of hydrogen-bond donors (Lipinski definition) is 1. The smallest absolute Gasteiger partial charge is 0.323 e. The third-order valence-corrected chi connectivity index (χ3v) is 17.4. The van der Waals surface area contributed by atoms with Gasteiger partial charge in [-0.05, 0) is 111 Å². The minimum atomic E-state index is -1.46. The lowest BCUT2D eigenvalue weighted by molar-refractivity contribution is -0.339. The molecule has 0 bridgehead atoms. The highest BCUT2D eigenvalue weighted by Gasteiger charge is 2.73. The molecule has 0 aromatic heterocycles. The number of rotatable bonds is 17. The van der Waals surface area contributed by atoms with Gasteiger partial charge in [0.25, 0.3) is 0 Å². The normalized spacial score (nSPS) is 37.4. The molecule has 17 nitrogen and oxygen atoms in total. The Morgan fingerprint density at radius 3 is 1.82 bits per heavy atom. The predicted octanol–water partition coefficient (Wildman–Crippen LogP) is 6.57. The SMILES string of the molecule is COC(=O)[C@@H](NCCCC(C)(O[C@H]1O[C@H](COC(C)=O)[C@@H](OC(C)=O)[C@H](OC(C)=O)C1OC(C)=O)C1CC[C@]2(C)[C@@H]1C(OC(C)=O)CC1[C@@]3(C)CC[C@H](OC(C)=O)C(C)(C)C3CC[C@]12C)C(C)C. The van der Waals surface area contributed by atoms with Gasteiger partial charge >= 0.3 is 41.8 Å². The van der Waals surface area contributed by atoms with E-state index in [9.17, 15) is 33.6 Å². The number of hydrogen-bond acceptors (Lipinski definition) is 17. The van der Waals surface area contributed by atoms with Crippen molar-refractivity contribution in [2.24, 2.45) is 51.2 Å². The lowest BCUT2D eigenvalue weighted by Crippen LogP contribution is -2.67. The van der Waals surface area contributed by atoms with Crippen LogP contribution in [0, 0.1) is 51.2 Å².